The molecular formula is C13H19N3O3. The van der Waals surface area contributed by atoms with Crippen LogP contribution in [0.1, 0.15) is 12.0 Å². The molecule has 0 heterocycles. The second-order valence-corrected chi connectivity index (χ2v) is 4.44. The summed E-state index contributed by atoms with van der Waals surface area (Å²) in [5, 5.41) is 10.3. The summed E-state index contributed by atoms with van der Waals surface area (Å²) in [6.07, 6.45) is -0.102. The molecule has 1 aromatic rings. The fourth-order valence-corrected chi connectivity index (χ4v) is 1.53. The van der Waals surface area contributed by atoms with Crippen LogP contribution in [-0.4, -0.2) is 42.8 Å². The van der Waals surface area contributed by atoms with Crippen molar-refractivity contribution in [1.29, 1.82) is 0 Å². The molecule has 0 spiro atoms. The molecule has 0 aromatic heterocycles. The standard InChI is InChI=1S/C13H19N3O3/c1-10-4-6-11(7-5-10)16(9-8-12(17)18)13(19)14-15(2)3/h4-7H,8-9H2,1-3H3,(H,14,19)(H,17,18). The van der Waals surface area contributed by atoms with Gasteiger partial charge in [-0.05, 0) is 19.1 Å². The van der Waals surface area contributed by atoms with Crippen molar-refractivity contribution in [2.45, 2.75) is 13.3 Å². The van der Waals surface area contributed by atoms with E-state index in [1.807, 2.05) is 19.1 Å². The molecule has 0 aliphatic carbocycles. The molecule has 104 valence electrons. The molecular weight excluding hydrogens is 246 g/mol. The molecule has 0 bridgehead atoms. The van der Waals surface area contributed by atoms with Gasteiger partial charge in [0.15, 0.2) is 0 Å². The highest BCUT2D eigenvalue weighted by Gasteiger charge is 2.17. The summed E-state index contributed by atoms with van der Waals surface area (Å²) in [5.74, 6) is -0.935. The van der Waals surface area contributed by atoms with E-state index in [0.29, 0.717) is 5.69 Å². The second kappa shape index (κ2) is 6.75. The van der Waals surface area contributed by atoms with Crippen LogP contribution in [-0.2, 0) is 4.79 Å². The minimum atomic E-state index is -0.935. The van der Waals surface area contributed by atoms with Gasteiger partial charge >= 0.3 is 12.0 Å². The van der Waals surface area contributed by atoms with Gasteiger partial charge in [0.25, 0.3) is 0 Å². The van der Waals surface area contributed by atoms with Crippen LogP contribution in [0.15, 0.2) is 24.3 Å². The van der Waals surface area contributed by atoms with E-state index >= 15 is 0 Å². The molecule has 0 fully saturated rings. The number of hydrogen-bond acceptors (Lipinski definition) is 3. The Labute approximate surface area is 112 Å². The molecule has 0 aliphatic rings. The Morgan fingerprint density at radius 3 is 2.26 bits per heavy atom. The maximum atomic E-state index is 12.0. The van der Waals surface area contributed by atoms with E-state index in [2.05, 4.69) is 5.43 Å². The number of carbonyl (C=O) groups is 2. The summed E-state index contributed by atoms with van der Waals surface area (Å²) < 4.78 is 0. The number of carboxylic acid groups (broad SMARTS) is 1. The molecule has 2 N–H and O–H groups in total. The zero-order chi connectivity index (χ0) is 14.4. The summed E-state index contributed by atoms with van der Waals surface area (Å²) in [6.45, 7) is 2.07. The third-order valence-electron chi connectivity index (χ3n) is 2.46. The van der Waals surface area contributed by atoms with E-state index in [4.69, 9.17) is 5.11 Å². The van der Waals surface area contributed by atoms with Crippen LogP contribution < -0.4 is 10.3 Å². The first-order chi connectivity index (χ1) is 8.90. The van der Waals surface area contributed by atoms with Crippen LogP contribution in [0, 0.1) is 6.92 Å². The lowest BCUT2D eigenvalue weighted by Gasteiger charge is -2.24. The van der Waals surface area contributed by atoms with Gasteiger partial charge in [0.2, 0.25) is 0 Å². The van der Waals surface area contributed by atoms with Crippen LogP contribution in [0.25, 0.3) is 0 Å². The molecule has 0 aliphatic heterocycles. The average Bonchev–Trinajstić information content (AvgIpc) is 2.30. The predicted octanol–water partition coefficient (Wildman–Crippen LogP) is 1.46. The first kappa shape index (κ1) is 15.0. The molecule has 0 unspecified atom stereocenters. The number of aliphatic carboxylic acids is 1. The SMILES string of the molecule is Cc1ccc(N(CCC(=O)O)C(=O)NN(C)C)cc1. The van der Waals surface area contributed by atoms with Crippen LogP contribution in [0.2, 0.25) is 0 Å². The molecule has 0 saturated carbocycles. The number of benzene rings is 1. The number of carboxylic acids is 1. The second-order valence-electron chi connectivity index (χ2n) is 4.44. The lowest BCUT2D eigenvalue weighted by Crippen LogP contribution is -2.46. The number of aryl methyl sites for hydroxylation is 1. The number of hydrogen-bond donors (Lipinski definition) is 2. The Morgan fingerprint density at radius 1 is 1.21 bits per heavy atom. The Balaban J connectivity index is 2.87. The van der Waals surface area contributed by atoms with Crippen LogP contribution in [0.5, 0.6) is 0 Å². The first-order valence-electron chi connectivity index (χ1n) is 5.94. The third kappa shape index (κ3) is 4.97. The minimum Gasteiger partial charge on any atom is -0.481 e. The van der Waals surface area contributed by atoms with Gasteiger partial charge in [0, 0.05) is 26.3 Å². The minimum absolute atomic E-state index is 0.102. The molecule has 2 amide bonds. The van der Waals surface area contributed by atoms with Crippen LogP contribution >= 0.6 is 0 Å². The third-order valence-corrected chi connectivity index (χ3v) is 2.46. The molecule has 6 heteroatoms. The van der Waals surface area contributed by atoms with Crippen molar-refractivity contribution in [2.24, 2.45) is 0 Å². The lowest BCUT2D eigenvalue weighted by atomic mass is 10.2. The number of carbonyl (C=O) groups excluding carboxylic acids is 1. The van der Waals surface area contributed by atoms with Gasteiger partial charge in [-0.2, -0.15) is 0 Å². The van der Waals surface area contributed by atoms with Gasteiger partial charge in [-0.1, -0.05) is 17.7 Å². The van der Waals surface area contributed by atoms with E-state index in [-0.39, 0.29) is 19.0 Å². The van der Waals surface area contributed by atoms with E-state index < -0.39 is 5.97 Å². The fourth-order valence-electron chi connectivity index (χ4n) is 1.53. The largest absolute Gasteiger partial charge is 0.481 e. The summed E-state index contributed by atoms with van der Waals surface area (Å²) in [4.78, 5) is 24.1. The summed E-state index contributed by atoms with van der Waals surface area (Å²) >= 11 is 0. The smallest absolute Gasteiger partial charge is 0.336 e. The molecule has 1 rings (SSSR count). The number of rotatable bonds is 5. The Morgan fingerprint density at radius 2 is 1.79 bits per heavy atom. The Kier molecular flexibility index (Phi) is 5.32. The van der Waals surface area contributed by atoms with Crippen molar-refractivity contribution in [2.75, 3.05) is 25.5 Å². The monoisotopic (exact) mass is 265 g/mol. The molecule has 0 atom stereocenters. The zero-order valence-corrected chi connectivity index (χ0v) is 11.4. The number of hydrazine groups is 1. The number of nitrogens with one attached hydrogen (secondary N) is 1. The topological polar surface area (TPSA) is 72.9 Å². The van der Waals surface area contributed by atoms with Gasteiger partial charge < -0.3 is 5.11 Å². The molecule has 0 saturated heterocycles. The maximum absolute atomic E-state index is 12.0. The summed E-state index contributed by atoms with van der Waals surface area (Å²) in [5.41, 5.74) is 4.36. The quantitative estimate of drug-likeness (QED) is 0.791. The Hall–Kier alpha value is -2.08. The summed E-state index contributed by atoms with van der Waals surface area (Å²) in [6, 6.07) is 7.01. The van der Waals surface area contributed by atoms with Crippen molar-refractivity contribution < 1.29 is 14.7 Å². The van der Waals surface area contributed by atoms with Crippen molar-refractivity contribution >= 4 is 17.7 Å². The molecule has 6 nitrogen and oxygen atoms in total. The van der Waals surface area contributed by atoms with Gasteiger partial charge in [0.05, 0.1) is 6.42 Å². The lowest BCUT2D eigenvalue weighted by molar-refractivity contribution is -0.136. The van der Waals surface area contributed by atoms with E-state index in [0.717, 1.165) is 5.56 Å². The highest BCUT2D eigenvalue weighted by molar-refractivity contribution is 5.92. The van der Waals surface area contributed by atoms with Crippen molar-refractivity contribution in [1.82, 2.24) is 10.4 Å². The maximum Gasteiger partial charge on any atom is 0.336 e. The zero-order valence-electron chi connectivity index (χ0n) is 11.4. The van der Waals surface area contributed by atoms with Crippen molar-refractivity contribution in [3.8, 4) is 0 Å². The van der Waals surface area contributed by atoms with Gasteiger partial charge in [0.1, 0.15) is 0 Å². The molecule has 0 radical (unpaired) electrons. The van der Waals surface area contributed by atoms with Crippen LogP contribution in [0.4, 0.5) is 10.5 Å². The summed E-state index contributed by atoms with van der Waals surface area (Å²) in [7, 11) is 3.39. The number of amides is 2. The van der Waals surface area contributed by atoms with Gasteiger partial charge in [-0.15, -0.1) is 0 Å². The average molecular weight is 265 g/mol. The van der Waals surface area contributed by atoms with E-state index in [1.54, 1.807) is 26.2 Å². The molecule has 1 aromatic carbocycles. The van der Waals surface area contributed by atoms with Crippen molar-refractivity contribution in [3.63, 3.8) is 0 Å². The predicted molar refractivity (Wildman–Crippen MR) is 73.0 cm³/mol. The van der Waals surface area contributed by atoms with Gasteiger partial charge in [-0.3, -0.25) is 15.1 Å². The van der Waals surface area contributed by atoms with E-state index in [9.17, 15) is 9.59 Å². The highest BCUT2D eigenvalue weighted by atomic mass is 16.4. The number of urea groups is 1. The normalized spacial score (nSPS) is 10.3. The van der Waals surface area contributed by atoms with Crippen LogP contribution in [0.3, 0.4) is 0 Å². The highest BCUT2D eigenvalue weighted by Crippen LogP contribution is 2.15. The Bertz CT molecular complexity index is 443. The van der Waals surface area contributed by atoms with E-state index in [1.165, 1.54) is 9.91 Å². The fraction of sp³-hybridized carbons (Fsp3) is 0.385. The number of nitrogens with zero attached hydrogens (tertiary/aromatic N) is 2. The van der Waals surface area contributed by atoms with Gasteiger partial charge in [-0.25, -0.2) is 9.80 Å². The van der Waals surface area contributed by atoms with Crippen molar-refractivity contribution in [3.05, 3.63) is 29.8 Å². The first-order valence-corrected chi connectivity index (χ1v) is 5.94. The molecule has 19 heavy (non-hydrogen) atoms. The number of anilines is 1.